The van der Waals surface area contributed by atoms with Gasteiger partial charge in [-0.2, -0.15) is 5.26 Å². The summed E-state index contributed by atoms with van der Waals surface area (Å²) in [5.41, 5.74) is 2.64. The van der Waals surface area contributed by atoms with Crippen molar-refractivity contribution in [2.24, 2.45) is 7.05 Å². The Morgan fingerprint density at radius 1 is 1.17 bits per heavy atom. The SMILES string of the molecule is Cn1c(=O)c(C#N)c(N2CCN(Cc3ccccc3N(C(=O)O)C(C)(C)C)CC2)c2nc(Br)ccc21. The number of hydrogen-bond donors (Lipinski definition) is 1. The minimum atomic E-state index is -0.986. The summed E-state index contributed by atoms with van der Waals surface area (Å²) in [5.74, 6) is 0. The van der Waals surface area contributed by atoms with Gasteiger partial charge in [-0.15, -0.1) is 0 Å². The smallest absolute Gasteiger partial charge is 0.412 e. The fourth-order valence-corrected chi connectivity index (χ4v) is 5.07. The number of nitriles is 1. The van der Waals surface area contributed by atoms with Crippen molar-refractivity contribution in [2.75, 3.05) is 36.0 Å². The molecule has 0 unspecified atom stereocenters. The number of aryl methyl sites for hydroxylation is 1. The van der Waals surface area contributed by atoms with Crippen LogP contribution in [0.2, 0.25) is 0 Å². The van der Waals surface area contributed by atoms with Crippen molar-refractivity contribution in [3.05, 3.63) is 62.5 Å². The van der Waals surface area contributed by atoms with Crippen LogP contribution in [0.4, 0.5) is 16.2 Å². The number of pyridine rings is 2. The zero-order valence-electron chi connectivity index (χ0n) is 20.8. The maximum atomic E-state index is 12.9. The van der Waals surface area contributed by atoms with Gasteiger partial charge in [-0.3, -0.25) is 14.6 Å². The van der Waals surface area contributed by atoms with Crippen LogP contribution in [0, 0.1) is 11.3 Å². The van der Waals surface area contributed by atoms with E-state index in [1.165, 1.54) is 9.47 Å². The Kier molecular flexibility index (Phi) is 7.07. The minimum absolute atomic E-state index is 0.0941. The standard InChI is InChI=1S/C26H29BrN6O3/c1-26(2,3)33(25(35)36)19-8-6-5-7-17(19)16-31-11-13-32(14-12-31)23-18(15-28)24(34)30(4)20-9-10-21(27)29-22(20)23/h5-10H,11-14,16H2,1-4H3,(H,35,36). The van der Waals surface area contributed by atoms with Crippen molar-refractivity contribution in [2.45, 2.75) is 32.9 Å². The number of piperazine rings is 1. The van der Waals surface area contributed by atoms with E-state index in [1.807, 2.05) is 51.1 Å². The highest BCUT2D eigenvalue weighted by Gasteiger charge is 2.30. The topological polar surface area (TPSA) is 106 Å². The maximum absolute atomic E-state index is 12.9. The number of halogens is 1. The number of benzene rings is 1. The van der Waals surface area contributed by atoms with E-state index < -0.39 is 11.6 Å². The molecule has 2 aromatic heterocycles. The van der Waals surface area contributed by atoms with Crippen LogP contribution >= 0.6 is 15.9 Å². The Balaban J connectivity index is 1.61. The van der Waals surface area contributed by atoms with Gasteiger partial charge in [0.15, 0.2) is 0 Å². The van der Waals surface area contributed by atoms with E-state index in [9.17, 15) is 20.0 Å². The van der Waals surface area contributed by atoms with Gasteiger partial charge in [0, 0.05) is 45.3 Å². The number of para-hydroxylation sites is 1. The molecule has 1 N–H and O–H groups in total. The van der Waals surface area contributed by atoms with Crippen LogP contribution < -0.4 is 15.4 Å². The first-order chi connectivity index (χ1) is 17.0. The highest BCUT2D eigenvalue weighted by Crippen LogP contribution is 2.31. The van der Waals surface area contributed by atoms with Gasteiger partial charge in [-0.25, -0.2) is 9.78 Å². The van der Waals surface area contributed by atoms with Gasteiger partial charge >= 0.3 is 6.09 Å². The van der Waals surface area contributed by atoms with E-state index in [-0.39, 0.29) is 11.1 Å². The van der Waals surface area contributed by atoms with E-state index >= 15 is 0 Å². The Hall–Kier alpha value is -3.42. The summed E-state index contributed by atoms with van der Waals surface area (Å²) in [6.07, 6.45) is -0.986. The molecule has 1 aliphatic rings. The van der Waals surface area contributed by atoms with Crippen LogP contribution in [0.1, 0.15) is 31.9 Å². The molecule has 36 heavy (non-hydrogen) atoms. The molecule has 4 rings (SSSR count). The number of aromatic nitrogens is 2. The second-order valence-electron chi connectivity index (χ2n) is 9.88. The lowest BCUT2D eigenvalue weighted by molar-refractivity contribution is 0.195. The normalized spacial score (nSPS) is 14.6. The third-order valence-corrected chi connectivity index (χ3v) is 6.91. The van der Waals surface area contributed by atoms with Gasteiger partial charge < -0.3 is 14.6 Å². The largest absolute Gasteiger partial charge is 0.465 e. The maximum Gasteiger partial charge on any atom is 0.412 e. The number of rotatable bonds is 4. The molecule has 0 spiro atoms. The summed E-state index contributed by atoms with van der Waals surface area (Å²) < 4.78 is 2.10. The van der Waals surface area contributed by atoms with Crippen molar-refractivity contribution in [1.82, 2.24) is 14.5 Å². The molecule has 3 heterocycles. The first-order valence-electron chi connectivity index (χ1n) is 11.7. The second kappa shape index (κ2) is 9.91. The Bertz CT molecular complexity index is 1410. The van der Waals surface area contributed by atoms with Crippen LogP contribution in [0.5, 0.6) is 0 Å². The number of carbonyl (C=O) groups is 1. The van der Waals surface area contributed by atoms with Gasteiger partial charge in [-0.1, -0.05) is 18.2 Å². The number of carboxylic acid groups (broad SMARTS) is 1. The van der Waals surface area contributed by atoms with E-state index in [1.54, 1.807) is 13.1 Å². The molecule has 3 aromatic rings. The molecular formula is C26H29BrN6O3. The molecule has 1 saturated heterocycles. The summed E-state index contributed by atoms with van der Waals surface area (Å²) in [6, 6.07) is 13.3. The van der Waals surface area contributed by atoms with Crippen LogP contribution in [0.25, 0.3) is 11.0 Å². The molecule has 0 saturated carbocycles. The van der Waals surface area contributed by atoms with Crippen LogP contribution in [0.15, 0.2) is 45.8 Å². The van der Waals surface area contributed by atoms with Crippen LogP contribution in [0.3, 0.4) is 0 Å². The lowest BCUT2D eigenvalue weighted by Gasteiger charge is -2.38. The van der Waals surface area contributed by atoms with E-state index in [4.69, 9.17) is 0 Å². The molecule has 1 aliphatic heterocycles. The van der Waals surface area contributed by atoms with Gasteiger partial charge in [0.2, 0.25) is 0 Å². The fourth-order valence-electron chi connectivity index (χ4n) is 4.76. The Morgan fingerprint density at radius 2 is 1.83 bits per heavy atom. The molecule has 0 aliphatic carbocycles. The van der Waals surface area contributed by atoms with Crippen molar-refractivity contribution in [3.8, 4) is 6.07 Å². The number of hydrogen-bond acceptors (Lipinski definition) is 6. The molecule has 0 bridgehead atoms. The van der Waals surface area contributed by atoms with Crippen LogP contribution in [-0.4, -0.2) is 57.4 Å². The minimum Gasteiger partial charge on any atom is -0.465 e. The average Bonchev–Trinajstić information content (AvgIpc) is 2.82. The zero-order chi connectivity index (χ0) is 26.2. The Labute approximate surface area is 218 Å². The Morgan fingerprint density at radius 3 is 2.44 bits per heavy atom. The number of nitrogens with zero attached hydrogens (tertiary/aromatic N) is 6. The van der Waals surface area contributed by atoms with Gasteiger partial charge in [0.1, 0.15) is 21.8 Å². The van der Waals surface area contributed by atoms with Crippen molar-refractivity contribution < 1.29 is 9.90 Å². The summed E-state index contributed by atoms with van der Waals surface area (Å²) in [4.78, 5) is 35.3. The molecular weight excluding hydrogens is 524 g/mol. The quantitative estimate of drug-likeness (QED) is 0.484. The molecule has 1 amide bonds. The van der Waals surface area contributed by atoms with Gasteiger partial charge in [0.05, 0.1) is 16.9 Å². The zero-order valence-corrected chi connectivity index (χ0v) is 22.4. The van der Waals surface area contributed by atoms with Gasteiger partial charge in [0.25, 0.3) is 5.56 Å². The lowest BCUT2D eigenvalue weighted by Crippen LogP contribution is -2.48. The van der Waals surface area contributed by atoms with Crippen LogP contribution in [-0.2, 0) is 13.6 Å². The van der Waals surface area contributed by atoms with Crippen molar-refractivity contribution in [3.63, 3.8) is 0 Å². The first-order valence-corrected chi connectivity index (χ1v) is 12.5. The van der Waals surface area contributed by atoms with Gasteiger partial charge in [-0.05, 0) is 60.5 Å². The molecule has 0 radical (unpaired) electrons. The average molecular weight is 553 g/mol. The van der Waals surface area contributed by atoms with Crippen molar-refractivity contribution >= 4 is 44.4 Å². The van der Waals surface area contributed by atoms with E-state index in [2.05, 4.69) is 36.8 Å². The lowest BCUT2D eigenvalue weighted by atomic mass is 10.0. The molecule has 0 atom stereocenters. The third-order valence-electron chi connectivity index (χ3n) is 6.47. The summed E-state index contributed by atoms with van der Waals surface area (Å²) in [6.45, 7) is 8.82. The third kappa shape index (κ3) is 4.81. The molecule has 188 valence electrons. The predicted octanol–water partition coefficient (Wildman–Crippen LogP) is 4.17. The fraction of sp³-hybridized carbons (Fsp3) is 0.385. The number of fused-ring (bicyclic) bond motifs is 1. The van der Waals surface area contributed by atoms with E-state index in [0.29, 0.717) is 59.7 Å². The summed E-state index contributed by atoms with van der Waals surface area (Å²) in [7, 11) is 1.65. The number of amides is 1. The monoisotopic (exact) mass is 552 g/mol. The molecule has 1 aromatic carbocycles. The number of anilines is 2. The molecule has 10 heteroatoms. The van der Waals surface area contributed by atoms with E-state index in [0.717, 1.165) is 5.56 Å². The molecule has 9 nitrogen and oxygen atoms in total. The summed E-state index contributed by atoms with van der Waals surface area (Å²) >= 11 is 3.42. The van der Waals surface area contributed by atoms with Crippen molar-refractivity contribution in [1.29, 1.82) is 5.26 Å². The predicted molar refractivity (Wildman–Crippen MR) is 144 cm³/mol. The highest BCUT2D eigenvalue weighted by atomic mass is 79.9. The first kappa shape index (κ1) is 25.7. The summed E-state index contributed by atoms with van der Waals surface area (Å²) in [5, 5.41) is 19.7. The molecule has 1 fully saturated rings. The highest BCUT2D eigenvalue weighted by molar-refractivity contribution is 9.10. The second-order valence-corrected chi connectivity index (χ2v) is 10.7.